The molecule has 0 spiro atoms. The lowest BCUT2D eigenvalue weighted by molar-refractivity contribution is -0.134. The van der Waals surface area contributed by atoms with Gasteiger partial charge in [0.1, 0.15) is 6.04 Å². The van der Waals surface area contributed by atoms with Gasteiger partial charge in [0.25, 0.3) is 5.91 Å². The molecule has 0 radical (unpaired) electrons. The lowest BCUT2D eigenvalue weighted by atomic mass is 10.1. The summed E-state index contributed by atoms with van der Waals surface area (Å²) in [6.07, 6.45) is -0.0850. The average Bonchev–Trinajstić information content (AvgIpc) is 2.86. The molecule has 7 nitrogen and oxygen atoms in total. The standard InChI is InChI=1S/C21H20Cl2N4O3/c22-15-6-5-13(11-16(15)23)26-7-9-27(10-8-26)19(28)12-18-21(30)24-17-4-2-1-3-14(17)20(29)25-18/h1-6,11,18H,7-10,12H2,(H,24,30)(H,25,29)/t18-/m0/s1. The molecule has 3 amide bonds. The zero-order valence-electron chi connectivity index (χ0n) is 16.0. The van der Waals surface area contributed by atoms with Crippen LogP contribution in [0.3, 0.4) is 0 Å². The number of benzene rings is 2. The summed E-state index contributed by atoms with van der Waals surface area (Å²) in [5, 5.41) is 6.38. The first-order valence-electron chi connectivity index (χ1n) is 9.61. The van der Waals surface area contributed by atoms with E-state index < -0.39 is 11.9 Å². The lowest BCUT2D eigenvalue weighted by Crippen LogP contribution is -2.51. The van der Waals surface area contributed by atoms with Crippen molar-refractivity contribution in [3.05, 3.63) is 58.1 Å². The van der Waals surface area contributed by atoms with E-state index in [9.17, 15) is 14.4 Å². The van der Waals surface area contributed by atoms with E-state index in [1.807, 2.05) is 12.1 Å². The van der Waals surface area contributed by atoms with Gasteiger partial charge in [-0.05, 0) is 30.3 Å². The van der Waals surface area contributed by atoms with Crippen LogP contribution in [0.5, 0.6) is 0 Å². The second-order valence-electron chi connectivity index (χ2n) is 7.23. The van der Waals surface area contributed by atoms with Crippen LogP contribution in [0.15, 0.2) is 42.5 Å². The minimum Gasteiger partial charge on any atom is -0.368 e. The Hall–Kier alpha value is -2.77. The van der Waals surface area contributed by atoms with Gasteiger partial charge in [-0.15, -0.1) is 0 Å². The van der Waals surface area contributed by atoms with Crippen molar-refractivity contribution < 1.29 is 14.4 Å². The quantitative estimate of drug-likeness (QED) is 0.759. The van der Waals surface area contributed by atoms with E-state index in [-0.39, 0.29) is 18.2 Å². The van der Waals surface area contributed by atoms with Crippen LogP contribution in [-0.4, -0.2) is 54.8 Å². The molecular weight excluding hydrogens is 427 g/mol. The number of nitrogens with one attached hydrogen (secondary N) is 2. The largest absolute Gasteiger partial charge is 0.368 e. The van der Waals surface area contributed by atoms with E-state index in [0.717, 1.165) is 5.69 Å². The van der Waals surface area contributed by atoms with Crippen molar-refractivity contribution in [3.63, 3.8) is 0 Å². The van der Waals surface area contributed by atoms with E-state index in [2.05, 4.69) is 15.5 Å². The molecule has 2 aromatic rings. The van der Waals surface area contributed by atoms with Crippen LogP contribution >= 0.6 is 23.2 Å². The second-order valence-corrected chi connectivity index (χ2v) is 8.05. The van der Waals surface area contributed by atoms with Crippen molar-refractivity contribution in [2.24, 2.45) is 0 Å². The number of fused-ring (bicyclic) bond motifs is 1. The number of nitrogens with zero attached hydrogens (tertiary/aromatic N) is 2. The number of anilines is 2. The van der Waals surface area contributed by atoms with Gasteiger partial charge < -0.3 is 20.4 Å². The molecule has 0 saturated carbocycles. The molecule has 156 valence electrons. The van der Waals surface area contributed by atoms with Gasteiger partial charge in [0.2, 0.25) is 11.8 Å². The minimum absolute atomic E-state index is 0.0850. The number of carbonyl (C=O) groups is 3. The summed E-state index contributed by atoms with van der Waals surface area (Å²) < 4.78 is 0. The molecule has 0 aliphatic carbocycles. The van der Waals surface area contributed by atoms with Crippen molar-refractivity contribution in [3.8, 4) is 0 Å². The number of hydrogen-bond acceptors (Lipinski definition) is 4. The molecule has 2 N–H and O–H groups in total. The Labute approximate surface area is 183 Å². The first kappa shape index (κ1) is 20.5. The van der Waals surface area contributed by atoms with Gasteiger partial charge in [-0.1, -0.05) is 35.3 Å². The van der Waals surface area contributed by atoms with E-state index in [0.29, 0.717) is 47.5 Å². The van der Waals surface area contributed by atoms with Gasteiger partial charge in [0.15, 0.2) is 0 Å². The van der Waals surface area contributed by atoms with Gasteiger partial charge in [-0.3, -0.25) is 14.4 Å². The van der Waals surface area contributed by atoms with Crippen LogP contribution in [0.25, 0.3) is 0 Å². The molecule has 9 heteroatoms. The molecule has 30 heavy (non-hydrogen) atoms. The number of amides is 3. The normalized spacial score (nSPS) is 18.9. The molecule has 0 unspecified atom stereocenters. The highest BCUT2D eigenvalue weighted by Gasteiger charge is 2.31. The second kappa shape index (κ2) is 8.53. The number of hydrogen-bond donors (Lipinski definition) is 2. The van der Waals surface area contributed by atoms with Crippen LogP contribution in [0.2, 0.25) is 10.0 Å². The minimum atomic E-state index is -0.912. The molecule has 1 saturated heterocycles. The van der Waals surface area contributed by atoms with Crippen molar-refractivity contribution >= 4 is 52.3 Å². The third-order valence-corrected chi connectivity index (χ3v) is 6.07. The summed E-state index contributed by atoms with van der Waals surface area (Å²) in [6, 6.07) is 11.3. The Kier molecular flexibility index (Phi) is 5.83. The Balaban J connectivity index is 1.36. The van der Waals surface area contributed by atoms with E-state index in [4.69, 9.17) is 23.2 Å². The van der Waals surface area contributed by atoms with Gasteiger partial charge in [-0.25, -0.2) is 0 Å². The van der Waals surface area contributed by atoms with Crippen LogP contribution in [0.1, 0.15) is 16.8 Å². The lowest BCUT2D eigenvalue weighted by Gasteiger charge is -2.36. The molecular formula is C21H20Cl2N4O3. The highest BCUT2D eigenvalue weighted by atomic mass is 35.5. The Morgan fingerprint density at radius 1 is 1.00 bits per heavy atom. The number of carbonyl (C=O) groups excluding carboxylic acids is 3. The van der Waals surface area contributed by atoms with Crippen molar-refractivity contribution in [1.29, 1.82) is 0 Å². The predicted molar refractivity (Wildman–Crippen MR) is 116 cm³/mol. The van der Waals surface area contributed by atoms with E-state index in [1.54, 1.807) is 35.2 Å². The highest BCUT2D eigenvalue weighted by Crippen LogP contribution is 2.28. The van der Waals surface area contributed by atoms with Gasteiger partial charge in [-0.2, -0.15) is 0 Å². The van der Waals surface area contributed by atoms with E-state index in [1.165, 1.54) is 0 Å². The smallest absolute Gasteiger partial charge is 0.254 e. The fourth-order valence-corrected chi connectivity index (χ4v) is 3.95. The Bertz CT molecular complexity index is 1010. The van der Waals surface area contributed by atoms with Gasteiger partial charge in [0, 0.05) is 31.9 Å². The monoisotopic (exact) mass is 446 g/mol. The summed E-state index contributed by atoms with van der Waals surface area (Å²) in [7, 11) is 0. The zero-order chi connectivity index (χ0) is 21.3. The van der Waals surface area contributed by atoms with Crippen LogP contribution < -0.4 is 15.5 Å². The summed E-state index contributed by atoms with van der Waals surface area (Å²) in [6.45, 7) is 2.31. The Morgan fingerprint density at radius 3 is 2.47 bits per heavy atom. The molecule has 2 aromatic carbocycles. The van der Waals surface area contributed by atoms with Gasteiger partial charge >= 0.3 is 0 Å². The van der Waals surface area contributed by atoms with Crippen LogP contribution in [-0.2, 0) is 9.59 Å². The predicted octanol–water partition coefficient (Wildman–Crippen LogP) is 2.78. The number of piperazine rings is 1. The fraction of sp³-hybridized carbons (Fsp3) is 0.286. The molecule has 0 bridgehead atoms. The topological polar surface area (TPSA) is 81.8 Å². The third-order valence-electron chi connectivity index (χ3n) is 5.33. The average molecular weight is 447 g/mol. The molecule has 2 aliphatic rings. The summed E-state index contributed by atoms with van der Waals surface area (Å²) in [5.41, 5.74) is 1.78. The molecule has 2 aliphatic heterocycles. The molecule has 2 heterocycles. The zero-order valence-corrected chi connectivity index (χ0v) is 17.5. The van der Waals surface area contributed by atoms with Gasteiger partial charge in [0.05, 0.1) is 27.7 Å². The van der Waals surface area contributed by atoms with E-state index >= 15 is 0 Å². The van der Waals surface area contributed by atoms with Crippen molar-refractivity contribution in [2.45, 2.75) is 12.5 Å². The summed E-state index contributed by atoms with van der Waals surface area (Å²) in [5.74, 6) is -0.933. The highest BCUT2D eigenvalue weighted by molar-refractivity contribution is 6.42. The third kappa shape index (κ3) is 4.22. The fourth-order valence-electron chi connectivity index (χ4n) is 3.65. The first-order chi connectivity index (χ1) is 14.4. The molecule has 1 fully saturated rings. The maximum Gasteiger partial charge on any atom is 0.254 e. The van der Waals surface area contributed by atoms with Crippen LogP contribution in [0, 0.1) is 0 Å². The van der Waals surface area contributed by atoms with Crippen LogP contribution in [0.4, 0.5) is 11.4 Å². The Morgan fingerprint density at radius 2 is 1.73 bits per heavy atom. The number of halogens is 2. The summed E-state index contributed by atoms with van der Waals surface area (Å²) in [4.78, 5) is 41.5. The number of para-hydroxylation sites is 1. The first-order valence-corrected chi connectivity index (χ1v) is 10.4. The molecule has 0 aromatic heterocycles. The SMILES string of the molecule is O=C1N[C@@H](CC(=O)N2CCN(c3ccc(Cl)c(Cl)c3)CC2)C(=O)Nc2ccccc21. The molecule has 4 rings (SSSR count). The van der Waals surface area contributed by atoms with Crippen molar-refractivity contribution in [1.82, 2.24) is 10.2 Å². The van der Waals surface area contributed by atoms with Crippen molar-refractivity contribution in [2.75, 3.05) is 36.4 Å². The maximum absolute atomic E-state index is 12.8. The number of rotatable bonds is 3. The summed E-state index contributed by atoms with van der Waals surface area (Å²) >= 11 is 12.1. The molecule has 1 atom stereocenters. The maximum atomic E-state index is 12.8.